The van der Waals surface area contributed by atoms with Crippen molar-refractivity contribution in [3.63, 3.8) is 0 Å². The zero-order chi connectivity index (χ0) is 13.8. The molecule has 0 radical (unpaired) electrons. The Hall–Kier alpha value is -2.35. The summed E-state index contributed by atoms with van der Waals surface area (Å²) in [5.74, 6) is -0.931. The summed E-state index contributed by atoms with van der Waals surface area (Å²) in [7, 11) is 0. The van der Waals surface area contributed by atoms with Crippen molar-refractivity contribution in [3.05, 3.63) is 76.9 Å². The summed E-state index contributed by atoms with van der Waals surface area (Å²) in [5, 5.41) is 9.09. The van der Waals surface area contributed by atoms with Gasteiger partial charge in [-0.3, -0.25) is 0 Å². The largest absolute Gasteiger partial charge is 0.478 e. The lowest BCUT2D eigenvalue weighted by Gasteiger charge is -2.11. The highest BCUT2D eigenvalue weighted by Gasteiger charge is 2.09. The number of benzene rings is 2. The number of carboxylic acids is 1. The Balaban J connectivity index is 2.63. The van der Waals surface area contributed by atoms with Crippen molar-refractivity contribution in [3.8, 4) is 0 Å². The Morgan fingerprint density at radius 1 is 1.05 bits per heavy atom. The van der Waals surface area contributed by atoms with Gasteiger partial charge in [0.1, 0.15) is 0 Å². The van der Waals surface area contributed by atoms with E-state index >= 15 is 0 Å². The van der Waals surface area contributed by atoms with Crippen LogP contribution >= 0.6 is 0 Å². The minimum atomic E-state index is -0.931. The van der Waals surface area contributed by atoms with Crippen molar-refractivity contribution < 1.29 is 9.90 Å². The summed E-state index contributed by atoms with van der Waals surface area (Å²) in [4.78, 5) is 11.1. The van der Waals surface area contributed by atoms with Crippen LogP contribution in [0.25, 0.3) is 5.57 Å². The van der Waals surface area contributed by atoms with E-state index in [1.165, 1.54) is 6.08 Å². The molecule has 0 aliphatic heterocycles. The van der Waals surface area contributed by atoms with E-state index in [0.29, 0.717) is 0 Å². The van der Waals surface area contributed by atoms with Crippen LogP contribution in [0.4, 0.5) is 0 Å². The predicted molar refractivity (Wildman–Crippen MR) is 77.1 cm³/mol. The fourth-order valence-electron chi connectivity index (χ4n) is 2.08. The van der Waals surface area contributed by atoms with Crippen molar-refractivity contribution in [2.24, 2.45) is 0 Å². The molecule has 2 heteroatoms. The molecule has 2 rings (SSSR count). The fraction of sp³-hybridized carbons (Fsp3) is 0.118. The Bertz CT molecular complexity index is 625. The number of carboxylic acid groups (broad SMARTS) is 1. The van der Waals surface area contributed by atoms with Crippen molar-refractivity contribution in [2.45, 2.75) is 13.8 Å². The van der Waals surface area contributed by atoms with Crippen LogP contribution in [0.2, 0.25) is 0 Å². The van der Waals surface area contributed by atoms with Crippen molar-refractivity contribution in [2.75, 3.05) is 0 Å². The summed E-state index contributed by atoms with van der Waals surface area (Å²) >= 11 is 0. The molecular formula is C17H16O2. The molecule has 19 heavy (non-hydrogen) atoms. The van der Waals surface area contributed by atoms with E-state index in [9.17, 15) is 4.79 Å². The molecule has 0 heterocycles. The number of hydrogen-bond donors (Lipinski definition) is 1. The molecule has 96 valence electrons. The third-order valence-corrected chi connectivity index (χ3v) is 3.04. The Labute approximate surface area is 113 Å². The molecule has 0 saturated carbocycles. The first-order chi connectivity index (χ1) is 9.08. The number of carbonyl (C=O) groups is 1. The summed E-state index contributed by atoms with van der Waals surface area (Å²) in [6.07, 6.45) is 1.27. The number of aliphatic carboxylic acids is 1. The van der Waals surface area contributed by atoms with Crippen LogP contribution in [-0.4, -0.2) is 11.1 Å². The van der Waals surface area contributed by atoms with Gasteiger partial charge in [0.2, 0.25) is 0 Å². The highest BCUT2D eigenvalue weighted by molar-refractivity contribution is 5.95. The fourth-order valence-corrected chi connectivity index (χ4v) is 2.08. The molecule has 0 aliphatic rings. The molecule has 0 unspecified atom stereocenters. The van der Waals surface area contributed by atoms with E-state index in [1.807, 2.05) is 62.4 Å². The van der Waals surface area contributed by atoms with E-state index in [0.717, 1.165) is 27.8 Å². The van der Waals surface area contributed by atoms with E-state index in [2.05, 4.69) is 0 Å². The Morgan fingerprint density at radius 3 is 2.37 bits per heavy atom. The molecule has 0 bridgehead atoms. The van der Waals surface area contributed by atoms with Gasteiger partial charge in [-0.2, -0.15) is 0 Å². The lowest BCUT2D eigenvalue weighted by Crippen LogP contribution is -1.97. The van der Waals surface area contributed by atoms with Gasteiger partial charge in [0.05, 0.1) is 0 Å². The number of hydrogen-bond acceptors (Lipinski definition) is 1. The van der Waals surface area contributed by atoms with Gasteiger partial charge in [-0.05, 0) is 36.1 Å². The second-order valence-electron chi connectivity index (χ2n) is 4.58. The maximum absolute atomic E-state index is 11.1. The van der Waals surface area contributed by atoms with Gasteiger partial charge >= 0.3 is 5.97 Å². The predicted octanol–water partition coefficient (Wildman–Crippen LogP) is 3.82. The van der Waals surface area contributed by atoms with Crippen LogP contribution in [-0.2, 0) is 4.79 Å². The first-order valence-electron chi connectivity index (χ1n) is 6.15. The maximum Gasteiger partial charge on any atom is 0.328 e. The van der Waals surface area contributed by atoms with Gasteiger partial charge in [0.25, 0.3) is 0 Å². The average molecular weight is 252 g/mol. The van der Waals surface area contributed by atoms with Gasteiger partial charge in [0.15, 0.2) is 0 Å². The van der Waals surface area contributed by atoms with E-state index < -0.39 is 5.97 Å². The van der Waals surface area contributed by atoms with Crippen LogP contribution in [0.5, 0.6) is 0 Å². The molecule has 0 aromatic heterocycles. The molecule has 0 amide bonds. The van der Waals surface area contributed by atoms with Crippen LogP contribution in [0, 0.1) is 13.8 Å². The number of aryl methyl sites for hydroxylation is 2. The highest BCUT2D eigenvalue weighted by atomic mass is 16.4. The second kappa shape index (κ2) is 5.53. The first kappa shape index (κ1) is 13.1. The summed E-state index contributed by atoms with van der Waals surface area (Å²) in [6.45, 7) is 4.00. The van der Waals surface area contributed by atoms with Gasteiger partial charge < -0.3 is 5.11 Å². The summed E-state index contributed by atoms with van der Waals surface area (Å²) < 4.78 is 0. The van der Waals surface area contributed by atoms with Crippen molar-refractivity contribution >= 4 is 11.5 Å². The third kappa shape index (κ3) is 3.10. The lowest BCUT2D eigenvalue weighted by molar-refractivity contribution is -0.131. The van der Waals surface area contributed by atoms with E-state index in [1.54, 1.807) is 0 Å². The topological polar surface area (TPSA) is 37.3 Å². The smallest absolute Gasteiger partial charge is 0.328 e. The molecule has 0 saturated heterocycles. The van der Waals surface area contributed by atoms with Crippen molar-refractivity contribution in [1.29, 1.82) is 0 Å². The third-order valence-electron chi connectivity index (χ3n) is 3.04. The highest BCUT2D eigenvalue weighted by Crippen LogP contribution is 2.26. The number of rotatable bonds is 3. The SMILES string of the molecule is Cc1ccc(C)c(/C(=C/C(=O)O)c2ccccc2)c1. The van der Waals surface area contributed by atoms with Gasteiger partial charge in [0, 0.05) is 6.08 Å². The minimum Gasteiger partial charge on any atom is -0.478 e. The van der Waals surface area contributed by atoms with E-state index in [-0.39, 0.29) is 0 Å². The van der Waals surface area contributed by atoms with Gasteiger partial charge in [-0.15, -0.1) is 0 Å². The molecule has 2 aromatic carbocycles. The molecular weight excluding hydrogens is 236 g/mol. The lowest BCUT2D eigenvalue weighted by atomic mass is 9.93. The van der Waals surface area contributed by atoms with E-state index in [4.69, 9.17) is 5.11 Å². The molecule has 2 nitrogen and oxygen atoms in total. The minimum absolute atomic E-state index is 0.745. The standard InChI is InChI=1S/C17H16O2/c1-12-8-9-13(2)15(10-12)16(11-17(18)19)14-6-4-3-5-7-14/h3-11H,1-2H3,(H,18,19)/b16-11+. The monoisotopic (exact) mass is 252 g/mol. The molecule has 0 aliphatic carbocycles. The normalized spacial score (nSPS) is 11.4. The second-order valence-corrected chi connectivity index (χ2v) is 4.58. The summed E-state index contributed by atoms with van der Waals surface area (Å²) in [6, 6.07) is 15.7. The van der Waals surface area contributed by atoms with Crippen LogP contribution in [0.1, 0.15) is 22.3 Å². The van der Waals surface area contributed by atoms with Crippen molar-refractivity contribution in [1.82, 2.24) is 0 Å². The summed E-state index contributed by atoms with van der Waals surface area (Å²) in [5.41, 5.74) is 4.82. The Kier molecular flexibility index (Phi) is 3.81. The quantitative estimate of drug-likeness (QED) is 0.843. The Morgan fingerprint density at radius 2 is 1.74 bits per heavy atom. The maximum atomic E-state index is 11.1. The molecule has 1 N–H and O–H groups in total. The molecule has 0 spiro atoms. The van der Waals surface area contributed by atoms with Crippen LogP contribution in [0.3, 0.4) is 0 Å². The van der Waals surface area contributed by atoms with Crippen LogP contribution in [0.15, 0.2) is 54.6 Å². The molecule has 0 fully saturated rings. The van der Waals surface area contributed by atoms with Crippen LogP contribution < -0.4 is 0 Å². The van der Waals surface area contributed by atoms with Gasteiger partial charge in [-0.25, -0.2) is 4.79 Å². The zero-order valence-corrected chi connectivity index (χ0v) is 11.1. The first-order valence-corrected chi connectivity index (χ1v) is 6.15. The molecule has 0 atom stereocenters. The zero-order valence-electron chi connectivity index (χ0n) is 11.1. The average Bonchev–Trinajstić information content (AvgIpc) is 2.40. The van der Waals surface area contributed by atoms with Gasteiger partial charge in [-0.1, -0.05) is 54.1 Å². The molecule has 2 aromatic rings.